The molecule has 0 radical (unpaired) electrons. The summed E-state index contributed by atoms with van der Waals surface area (Å²) in [5, 5.41) is 10.1. The monoisotopic (exact) mass is 258 g/mol. The lowest BCUT2D eigenvalue weighted by molar-refractivity contribution is 0.0953. The molecule has 0 saturated heterocycles. The summed E-state index contributed by atoms with van der Waals surface area (Å²) in [5.74, 6) is -0.0880. The van der Waals surface area contributed by atoms with E-state index in [-0.39, 0.29) is 5.91 Å². The van der Waals surface area contributed by atoms with Gasteiger partial charge in [0.1, 0.15) is 0 Å². The summed E-state index contributed by atoms with van der Waals surface area (Å²) >= 11 is 0. The molecule has 2 aromatic rings. The van der Waals surface area contributed by atoms with Crippen LogP contribution in [-0.2, 0) is 0 Å². The normalized spacial score (nSPS) is 10.4. The lowest BCUT2D eigenvalue weighted by Gasteiger charge is -2.06. The van der Waals surface area contributed by atoms with Crippen LogP contribution < -0.4 is 10.6 Å². The first-order valence-corrected chi connectivity index (χ1v) is 6.27. The molecule has 19 heavy (non-hydrogen) atoms. The number of carbonyl (C=O) groups is 1. The zero-order valence-electron chi connectivity index (χ0n) is 11.2. The summed E-state index contributed by atoms with van der Waals surface area (Å²) in [6.45, 7) is 3.25. The lowest BCUT2D eigenvalue weighted by atomic mass is 10.2. The van der Waals surface area contributed by atoms with Crippen molar-refractivity contribution in [3.05, 3.63) is 47.8 Å². The smallest absolute Gasteiger partial charge is 0.254 e. The number of rotatable bonds is 5. The Morgan fingerprint density at radius 3 is 2.68 bits per heavy atom. The number of hydrogen-bond donors (Lipinski definition) is 2. The number of nitrogens with one attached hydrogen (secondary N) is 2. The molecule has 0 saturated carbocycles. The van der Waals surface area contributed by atoms with Gasteiger partial charge in [-0.25, -0.2) is 4.68 Å². The largest absolute Gasteiger partial charge is 0.351 e. The number of hydrogen-bond acceptors (Lipinski definition) is 3. The van der Waals surface area contributed by atoms with Crippen molar-refractivity contribution >= 4 is 5.91 Å². The second-order valence-corrected chi connectivity index (χ2v) is 4.25. The van der Waals surface area contributed by atoms with E-state index in [9.17, 15) is 4.79 Å². The minimum absolute atomic E-state index is 0.0880. The van der Waals surface area contributed by atoms with Crippen molar-refractivity contribution in [1.29, 1.82) is 0 Å². The standard InChI is InChI=1S/C14H18N4O/c1-11-13(14(19)16-9-8-15-2)10-17-18(11)12-6-4-3-5-7-12/h3-7,10,15H,8-9H2,1-2H3,(H,16,19). The van der Waals surface area contributed by atoms with Crippen molar-refractivity contribution in [2.24, 2.45) is 0 Å². The highest BCUT2D eigenvalue weighted by atomic mass is 16.1. The third-order valence-electron chi connectivity index (χ3n) is 2.92. The number of aromatic nitrogens is 2. The molecular formula is C14H18N4O. The van der Waals surface area contributed by atoms with E-state index in [0.29, 0.717) is 12.1 Å². The van der Waals surface area contributed by atoms with Crippen molar-refractivity contribution in [2.75, 3.05) is 20.1 Å². The summed E-state index contributed by atoms with van der Waals surface area (Å²) in [7, 11) is 1.85. The Morgan fingerprint density at radius 1 is 1.26 bits per heavy atom. The first-order chi connectivity index (χ1) is 9.24. The Balaban J connectivity index is 2.17. The molecule has 5 heteroatoms. The zero-order chi connectivity index (χ0) is 13.7. The van der Waals surface area contributed by atoms with Crippen molar-refractivity contribution in [3.63, 3.8) is 0 Å². The number of likely N-dealkylation sites (N-methyl/N-ethyl adjacent to an activating group) is 1. The average molecular weight is 258 g/mol. The highest BCUT2D eigenvalue weighted by Gasteiger charge is 2.14. The van der Waals surface area contributed by atoms with E-state index < -0.39 is 0 Å². The molecule has 0 spiro atoms. The summed E-state index contributed by atoms with van der Waals surface area (Å²) in [4.78, 5) is 12.0. The van der Waals surface area contributed by atoms with Gasteiger partial charge in [0.15, 0.2) is 0 Å². The molecule has 1 aromatic carbocycles. The summed E-state index contributed by atoms with van der Waals surface area (Å²) in [6, 6.07) is 9.77. The molecule has 1 aromatic heterocycles. The van der Waals surface area contributed by atoms with Crippen LogP contribution in [0.3, 0.4) is 0 Å². The van der Waals surface area contributed by atoms with Gasteiger partial charge >= 0.3 is 0 Å². The molecule has 0 atom stereocenters. The van der Waals surface area contributed by atoms with Crippen molar-refractivity contribution in [3.8, 4) is 5.69 Å². The molecule has 0 unspecified atom stereocenters. The van der Waals surface area contributed by atoms with Crippen molar-refractivity contribution in [2.45, 2.75) is 6.92 Å². The van der Waals surface area contributed by atoms with Gasteiger partial charge in [-0.15, -0.1) is 0 Å². The van der Waals surface area contributed by atoms with E-state index in [1.54, 1.807) is 10.9 Å². The van der Waals surface area contributed by atoms with E-state index >= 15 is 0 Å². The summed E-state index contributed by atoms with van der Waals surface area (Å²) in [5.41, 5.74) is 2.40. The van der Waals surface area contributed by atoms with Gasteiger partial charge in [0.2, 0.25) is 0 Å². The van der Waals surface area contributed by atoms with Gasteiger partial charge in [0.25, 0.3) is 5.91 Å². The fraction of sp³-hybridized carbons (Fsp3) is 0.286. The SMILES string of the molecule is CNCCNC(=O)c1cnn(-c2ccccc2)c1C. The average Bonchev–Trinajstić information content (AvgIpc) is 2.82. The summed E-state index contributed by atoms with van der Waals surface area (Å²) < 4.78 is 1.77. The number of amides is 1. The Hall–Kier alpha value is -2.14. The molecule has 0 aliphatic heterocycles. The van der Waals surface area contributed by atoms with Crippen LogP contribution in [0.5, 0.6) is 0 Å². The zero-order valence-corrected chi connectivity index (χ0v) is 11.2. The topological polar surface area (TPSA) is 58.9 Å². The highest BCUT2D eigenvalue weighted by Crippen LogP contribution is 2.13. The molecular weight excluding hydrogens is 240 g/mol. The van der Waals surface area contributed by atoms with Crippen LogP contribution in [0.4, 0.5) is 0 Å². The maximum absolute atomic E-state index is 12.0. The Morgan fingerprint density at radius 2 is 2.00 bits per heavy atom. The maximum atomic E-state index is 12.0. The lowest BCUT2D eigenvalue weighted by Crippen LogP contribution is -2.30. The molecule has 2 N–H and O–H groups in total. The van der Waals surface area contributed by atoms with Crippen LogP contribution in [0.2, 0.25) is 0 Å². The Labute approximate surface area is 112 Å². The molecule has 2 rings (SSSR count). The second kappa shape index (κ2) is 6.15. The van der Waals surface area contributed by atoms with Crippen LogP contribution in [0.25, 0.3) is 5.69 Å². The molecule has 0 aliphatic rings. The Kier molecular flexibility index (Phi) is 4.30. The fourth-order valence-electron chi connectivity index (χ4n) is 1.86. The predicted molar refractivity (Wildman–Crippen MR) is 74.6 cm³/mol. The van der Waals surface area contributed by atoms with Crippen LogP contribution in [-0.4, -0.2) is 35.8 Å². The van der Waals surface area contributed by atoms with Gasteiger partial charge in [0, 0.05) is 13.1 Å². The van der Waals surface area contributed by atoms with E-state index in [1.165, 1.54) is 0 Å². The van der Waals surface area contributed by atoms with Crippen molar-refractivity contribution < 1.29 is 4.79 Å². The molecule has 100 valence electrons. The van der Waals surface area contributed by atoms with Gasteiger partial charge in [-0.3, -0.25) is 4.79 Å². The van der Waals surface area contributed by atoms with Gasteiger partial charge in [-0.1, -0.05) is 18.2 Å². The number of nitrogens with zero attached hydrogens (tertiary/aromatic N) is 2. The van der Waals surface area contributed by atoms with Crippen LogP contribution in [0, 0.1) is 6.92 Å². The van der Waals surface area contributed by atoms with Crippen LogP contribution >= 0.6 is 0 Å². The highest BCUT2D eigenvalue weighted by molar-refractivity contribution is 5.95. The molecule has 5 nitrogen and oxygen atoms in total. The quantitative estimate of drug-likeness (QED) is 0.790. The fourth-order valence-corrected chi connectivity index (χ4v) is 1.86. The third-order valence-corrected chi connectivity index (χ3v) is 2.92. The molecule has 1 heterocycles. The van der Waals surface area contributed by atoms with E-state index in [2.05, 4.69) is 15.7 Å². The van der Waals surface area contributed by atoms with Crippen LogP contribution in [0.1, 0.15) is 16.1 Å². The van der Waals surface area contributed by atoms with E-state index in [4.69, 9.17) is 0 Å². The van der Waals surface area contributed by atoms with Crippen LogP contribution in [0.15, 0.2) is 36.5 Å². The summed E-state index contributed by atoms with van der Waals surface area (Å²) in [6.07, 6.45) is 1.61. The van der Waals surface area contributed by atoms with Gasteiger partial charge in [-0.2, -0.15) is 5.10 Å². The number of carbonyl (C=O) groups excluding carboxylic acids is 1. The number of para-hydroxylation sites is 1. The Bertz CT molecular complexity index is 548. The van der Waals surface area contributed by atoms with Crippen molar-refractivity contribution in [1.82, 2.24) is 20.4 Å². The minimum Gasteiger partial charge on any atom is -0.351 e. The van der Waals surface area contributed by atoms with Gasteiger partial charge < -0.3 is 10.6 Å². The molecule has 0 bridgehead atoms. The first kappa shape index (κ1) is 13.3. The third kappa shape index (κ3) is 3.00. The van der Waals surface area contributed by atoms with Gasteiger partial charge in [0.05, 0.1) is 23.1 Å². The molecule has 0 aliphatic carbocycles. The predicted octanol–water partition coefficient (Wildman–Crippen LogP) is 1.13. The maximum Gasteiger partial charge on any atom is 0.254 e. The van der Waals surface area contributed by atoms with E-state index in [1.807, 2.05) is 44.3 Å². The minimum atomic E-state index is -0.0880. The van der Waals surface area contributed by atoms with E-state index in [0.717, 1.165) is 17.9 Å². The first-order valence-electron chi connectivity index (χ1n) is 6.27. The molecule has 0 fully saturated rings. The number of benzene rings is 1. The molecule has 1 amide bonds. The van der Waals surface area contributed by atoms with Gasteiger partial charge in [-0.05, 0) is 26.1 Å². The second-order valence-electron chi connectivity index (χ2n) is 4.25.